The highest BCUT2D eigenvalue weighted by Gasteiger charge is 2.20. The highest BCUT2D eigenvalue weighted by molar-refractivity contribution is 5.89. The quantitative estimate of drug-likeness (QED) is 0.716. The van der Waals surface area contributed by atoms with Crippen molar-refractivity contribution in [3.05, 3.63) is 35.4 Å². The second-order valence-electron chi connectivity index (χ2n) is 3.55. The Morgan fingerprint density at radius 2 is 2.00 bits per heavy atom. The Morgan fingerprint density at radius 3 is 2.40 bits per heavy atom. The maximum Gasteiger partial charge on any atom is 0.337 e. The minimum atomic E-state index is -1.06. The van der Waals surface area contributed by atoms with Gasteiger partial charge in [-0.15, -0.1) is 0 Å². The Morgan fingerprint density at radius 1 is 1.47 bits per heavy atom. The lowest BCUT2D eigenvalue weighted by Gasteiger charge is -2.21. The van der Waals surface area contributed by atoms with E-state index in [4.69, 9.17) is 5.73 Å². The van der Waals surface area contributed by atoms with E-state index in [1.165, 1.54) is 7.11 Å². The van der Waals surface area contributed by atoms with Crippen molar-refractivity contribution in [2.45, 2.75) is 12.5 Å². The zero-order valence-corrected chi connectivity index (χ0v) is 8.86. The van der Waals surface area contributed by atoms with E-state index in [9.17, 15) is 9.90 Å². The third-order valence-electron chi connectivity index (χ3n) is 2.33. The van der Waals surface area contributed by atoms with Crippen LogP contribution in [0.4, 0.5) is 0 Å². The van der Waals surface area contributed by atoms with E-state index in [-0.39, 0.29) is 6.54 Å². The fraction of sp³-hybridized carbons (Fsp3) is 0.364. The Balaban J connectivity index is 2.95. The average molecular weight is 209 g/mol. The molecule has 1 unspecified atom stereocenters. The molecule has 0 aliphatic rings. The van der Waals surface area contributed by atoms with Gasteiger partial charge in [-0.25, -0.2) is 4.79 Å². The molecule has 1 aromatic rings. The fourth-order valence-electron chi connectivity index (χ4n) is 1.20. The zero-order valence-electron chi connectivity index (χ0n) is 8.86. The van der Waals surface area contributed by atoms with Crippen LogP contribution in [0.25, 0.3) is 0 Å². The van der Waals surface area contributed by atoms with Crippen LogP contribution in [0.5, 0.6) is 0 Å². The summed E-state index contributed by atoms with van der Waals surface area (Å²) in [6, 6.07) is 6.54. The molecule has 0 radical (unpaired) electrons. The van der Waals surface area contributed by atoms with Crippen molar-refractivity contribution in [1.82, 2.24) is 0 Å². The number of hydrogen-bond acceptors (Lipinski definition) is 4. The molecular formula is C11H15NO3. The van der Waals surface area contributed by atoms with Gasteiger partial charge in [-0.3, -0.25) is 0 Å². The Hall–Kier alpha value is -1.39. The van der Waals surface area contributed by atoms with E-state index in [1.807, 2.05) is 0 Å². The van der Waals surface area contributed by atoms with Gasteiger partial charge < -0.3 is 15.6 Å². The number of carbonyl (C=O) groups is 1. The lowest BCUT2D eigenvalue weighted by atomic mass is 9.95. The number of esters is 1. The Bertz CT molecular complexity index is 343. The lowest BCUT2D eigenvalue weighted by molar-refractivity contribution is 0.0595. The van der Waals surface area contributed by atoms with Crippen LogP contribution >= 0.6 is 0 Å². The monoisotopic (exact) mass is 209 g/mol. The number of aliphatic hydroxyl groups is 1. The molecule has 0 amide bonds. The number of carbonyl (C=O) groups excluding carboxylic acids is 1. The molecule has 0 saturated carbocycles. The maximum atomic E-state index is 11.1. The van der Waals surface area contributed by atoms with E-state index >= 15 is 0 Å². The standard InChI is InChI=1S/C11H15NO3/c1-11(14,7-12)9-5-3-8(4-6-9)10(13)15-2/h3-6,14H,7,12H2,1-2H3. The van der Waals surface area contributed by atoms with E-state index < -0.39 is 11.6 Å². The van der Waals surface area contributed by atoms with Crippen molar-refractivity contribution in [1.29, 1.82) is 0 Å². The van der Waals surface area contributed by atoms with Crippen molar-refractivity contribution in [3.8, 4) is 0 Å². The summed E-state index contributed by atoms with van der Waals surface area (Å²) in [7, 11) is 1.33. The van der Waals surface area contributed by atoms with Crippen molar-refractivity contribution in [3.63, 3.8) is 0 Å². The van der Waals surface area contributed by atoms with Gasteiger partial charge in [0.2, 0.25) is 0 Å². The summed E-state index contributed by atoms with van der Waals surface area (Å²) < 4.78 is 4.56. The van der Waals surface area contributed by atoms with Gasteiger partial charge in [-0.1, -0.05) is 12.1 Å². The smallest absolute Gasteiger partial charge is 0.337 e. The molecule has 1 atom stereocenters. The molecule has 0 bridgehead atoms. The van der Waals surface area contributed by atoms with Crippen LogP contribution in [0.15, 0.2) is 24.3 Å². The zero-order chi connectivity index (χ0) is 11.5. The number of ether oxygens (including phenoxy) is 1. The first-order valence-electron chi connectivity index (χ1n) is 4.62. The topological polar surface area (TPSA) is 72.5 Å². The summed E-state index contributed by atoms with van der Waals surface area (Å²) >= 11 is 0. The third-order valence-corrected chi connectivity index (χ3v) is 2.33. The van der Waals surface area contributed by atoms with Crippen LogP contribution in [0.1, 0.15) is 22.8 Å². The second-order valence-corrected chi connectivity index (χ2v) is 3.55. The fourth-order valence-corrected chi connectivity index (χ4v) is 1.20. The van der Waals surface area contributed by atoms with Crippen LogP contribution in [0.2, 0.25) is 0 Å². The third kappa shape index (κ3) is 2.55. The van der Waals surface area contributed by atoms with Gasteiger partial charge in [-0.2, -0.15) is 0 Å². The molecule has 3 N–H and O–H groups in total. The first-order valence-corrected chi connectivity index (χ1v) is 4.62. The number of benzene rings is 1. The van der Waals surface area contributed by atoms with Crippen LogP contribution < -0.4 is 5.73 Å². The minimum Gasteiger partial charge on any atom is -0.465 e. The highest BCUT2D eigenvalue weighted by Crippen LogP contribution is 2.19. The van der Waals surface area contributed by atoms with E-state index in [1.54, 1.807) is 31.2 Å². The average Bonchev–Trinajstić information content (AvgIpc) is 2.28. The summed E-state index contributed by atoms with van der Waals surface area (Å²) in [5.74, 6) is -0.394. The normalized spacial score (nSPS) is 14.4. The summed E-state index contributed by atoms with van der Waals surface area (Å²) in [6.07, 6.45) is 0. The molecule has 4 heteroatoms. The first kappa shape index (κ1) is 11.7. The molecule has 0 aliphatic carbocycles. The molecule has 4 nitrogen and oxygen atoms in total. The van der Waals surface area contributed by atoms with Gasteiger partial charge in [0, 0.05) is 6.54 Å². The van der Waals surface area contributed by atoms with Crippen molar-refractivity contribution in [2.24, 2.45) is 5.73 Å². The minimum absolute atomic E-state index is 0.130. The van der Waals surface area contributed by atoms with Crippen LogP contribution in [0, 0.1) is 0 Å². The highest BCUT2D eigenvalue weighted by atomic mass is 16.5. The van der Waals surface area contributed by atoms with Gasteiger partial charge in [0.1, 0.15) is 0 Å². The summed E-state index contributed by atoms with van der Waals surface area (Å²) in [6.45, 7) is 1.75. The molecule has 0 aliphatic heterocycles. The Labute approximate surface area is 88.7 Å². The number of hydrogen-bond donors (Lipinski definition) is 2. The summed E-state index contributed by atoms with van der Waals surface area (Å²) in [5.41, 5.74) is 5.49. The van der Waals surface area contributed by atoms with Crippen molar-refractivity contribution in [2.75, 3.05) is 13.7 Å². The van der Waals surface area contributed by atoms with Crippen LogP contribution in [0.3, 0.4) is 0 Å². The van der Waals surface area contributed by atoms with Crippen LogP contribution in [-0.2, 0) is 10.3 Å². The summed E-state index contributed by atoms with van der Waals surface area (Å²) in [5, 5.41) is 9.84. The SMILES string of the molecule is COC(=O)c1ccc(C(C)(O)CN)cc1. The van der Waals surface area contributed by atoms with Gasteiger partial charge in [-0.05, 0) is 24.6 Å². The molecular weight excluding hydrogens is 194 g/mol. The first-order chi connectivity index (χ1) is 7.01. The second kappa shape index (κ2) is 4.42. The molecule has 0 fully saturated rings. The van der Waals surface area contributed by atoms with Gasteiger partial charge in [0.15, 0.2) is 0 Å². The number of methoxy groups -OCH3 is 1. The molecule has 1 rings (SSSR count). The lowest BCUT2D eigenvalue weighted by Crippen LogP contribution is -2.31. The predicted molar refractivity (Wildman–Crippen MR) is 56.4 cm³/mol. The number of rotatable bonds is 3. The van der Waals surface area contributed by atoms with E-state index in [2.05, 4.69) is 4.74 Å². The predicted octanol–water partition coefficient (Wildman–Crippen LogP) is 0.639. The largest absolute Gasteiger partial charge is 0.465 e. The van der Waals surface area contributed by atoms with Gasteiger partial charge >= 0.3 is 5.97 Å². The maximum absolute atomic E-state index is 11.1. The molecule has 82 valence electrons. The van der Waals surface area contributed by atoms with E-state index in [0.29, 0.717) is 11.1 Å². The van der Waals surface area contributed by atoms with Crippen molar-refractivity contribution < 1.29 is 14.6 Å². The molecule has 0 spiro atoms. The molecule has 0 saturated heterocycles. The Kier molecular flexibility index (Phi) is 3.44. The molecule has 1 aromatic carbocycles. The van der Waals surface area contributed by atoms with E-state index in [0.717, 1.165) is 0 Å². The van der Waals surface area contributed by atoms with Crippen LogP contribution in [-0.4, -0.2) is 24.7 Å². The van der Waals surface area contributed by atoms with Gasteiger partial charge in [0.05, 0.1) is 18.3 Å². The van der Waals surface area contributed by atoms with Crippen molar-refractivity contribution >= 4 is 5.97 Å². The molecule has 0 aromatic heterocycles. The molecule has 0 heterocycles. The number of nitrogens with two attached hydrogens (primary N) is 1. The van der Waals surface area contributed by atoms with Gasteiger partial charge in [0.25, 0.3) is 0 Å². The summed E-state index contributed by atoms with van der Waals surface area (Å²) in [4.78, 5) is 11.1. The molecule has 15 heavy (non-hydrogen) atoms.